The van der Waals surface area contributed by atoms with Gasteiger partial charge in [0.25, 0.3) is 20.4 Å². The van der Waals surface area contributed by atoms with Gasteiger partial charge in [0.2, 0.25) is 26.0 Å². The van der Waals surface area contributed by atoms with Crippen LogP contribution in [-0.2, 0) is 45.3 Å². The second-order valence-electron chi connectivity index (χ2n) is 28.9. The summed E-state index contributed by atoms with van der Waals surface area (Å²) in [6.45, 7) is 8.52. The molecule has 1 amide bonds. The number of likely N-dealkylation sites (N-methyl/N-ethyl adjacent to an activating group) is 1. The predicted molar refractivity (Wildman–Crippen MR) is 430 cm³/mol. The molecule has 110 heavy (non-hydrogen) atoms. The highest BCUT2D eigenvalue weighted by Crippen LogP contribution is 2.40. The predicted octanol–water partition coefficient (Wildman–Crippen LogP) is 13.4. The molecule has 3 fully saturated rings. The highest BCUT2D eigenvalue weighted by molar-refractivity contribution is 7.88. The number of hydrogen-bond acceptors (Lipinski definition) is 11. The van der Waals surface area contributed by atoms with Gasteiger partial charge in [0.05, 0.1) is 22.6 Å². The first-order valence-electron chi connectivity index (χ1n) is 36.3. The van der Waals surface area contributed by atoms with Crippen LogP contribution in [0.3, 0.4) is 0 Å². The van der Waals surface area contributed by atoms with E-state index in [1.807, 2.05) is 74.3 Å². The molecule has 23 nitrogen and oxygen atoms in total. The van der Waals surface area contributed by atoms with E-state index >= 15 is 0 Å². The Bertz CT molecular complexity index is 5510. The van der Waals surface area contributed by atoms with E-state index in [1.165, 1.54) is 100.0 Å². The first-order valence-corrected chi connectivity index (χ1v) is 43.5. The number of nitrogens with zero attached hydrogens (tertiary/aromatic N) is 8. The molecule has 0 aliphatic carbocycles. The number of nitrogens with one attached hydrogen (secondary N) is 5. The van der Waals surface area contributed by atoms with E-state index in [-0.39, 0.29) is 33.5 Å². The second-order valence-corrected chi connectivity index (χ2v) is 38.0. The lowest BCUT2D eigenvalue weighted by Crippen LogP contribution is -2.44. The topological polar surface area (TPSA) is 268 Å². The van der Waals surface area contributed by atoms with Crippen molar-refractivity contribution in [1.82, 2.24) is 60.6 Å². The molecule has 10 heterocycles. The number of fused-ring (bicyclic) bond motifs is 5. The highest BCUT2D eigenvalue weighted by Gasteiger charge is 2.33. The summed E-state index contributed by atoms with van der Waals surface area (Å²) in [5.41, 5.74) is 11.9. The molecule has 33 heteroatoms. The van der Waals surface area contributed by atoms with Crippen molar-refractivity contribution < 1.29 is 60.8 Å². The number of carbonyl (C=O) groups is 1. The number of aromatic amines is 5. The number of H-pyrrole nitrogens is 5. The van der Waals surface area contributed by atoms with Gasteiger partial charge in [-0.05, 0) is 184 Å². The summed E-state index contributed by atoms with van der Waals surface area (Å²) in [5, 5.41) is 5.28. The van der Waals surface area contributed by atoms with E-state index in [9.17, 15) is 56.0 Å². The number of rotatable bonds is 15. The van der Waals surface area contributed by atoms with Crippen molar-refractivity contribution in [2.24, 2.45) is 0 Å². The minimum Gasteiger partial charge on any atom is -0.492 e. The van der Waals surface area contributed by atoms with Gasteiger partial charge >= 0.3 is 0 Å². The largest absolute Gasteiger partial charge is 0.492 e. The van der Waals surface area contributed by atoms with Gasteiger partial charge < -0.3 is 39.5 Å². The van der Waals surface area contributed by atoms with Crippen LogP contribution in [0.15, 0.2) is 122 Å². The Morgan fingerprint density at radius 2 is 0.845 bits per heavy atom. The molecule has 0 spiro atoms. The number of amides is 1. The van der Waals surface area contributed by atoms with E-state index < -0.39 is 52.1 Å². The zero-order chi connectivity index (χ0) is 79.3. The average Bonchev–Trinajstić information content (AvgIpc) is 1.65. The molecule has 0 saturated carbocycles. The highest BCUT2D eigenvalue weighted by atomic mass is 35.5. The van der Waals surface area contributed by atoms with E-state index in [0.717, 1.165) is 153 Å². The average molecular weight is 1640 g/mol. The van der Waals surface area contributed by atoms with Crippen molar-refractivity contribution in [2.45, 2.75) is 76.0 Å². The number of sulfonamides is 2. The Morgan fingerprint density at radius 3 is 1.27 bits per heavy atom. The maximum absolute atomic E-state index is 13.5. The summed E-state index contributed by atoms with van der Waals surface area (Å²) in [5.74, 6) is 0.557. The van der Waals surface area contributed by atoms with Crippen molar-refractivity contribution in [3.8, 4) is 5.75 Å². The fourth-order valence-electron chi connectivity index (χ4n) is 14.7. The van der Waals surface area contributed by atoms with Gasteiger partial charge in [0, 0.05) is 210 Å². The standard InChI is InChI=1S/C18H25N3O3S.C15H16ClFN2O.C15H20FN3O2S.C15H18FN3O2S.C14H16ClFN2O2S/c1-20(2)10-11-24-15-4-5-16-17(13-19-18(16)12-15)14-6-8-21(9-7-14)25(3,22)23;1-9(20)19-4-2-10(3-5-19)12-8-18-15-7-14(17)13(16)6-11(12)15;2*1-18(2)22(20,21)19-7-5-11(6-8-19)14-10-17-15-9-12(16)3-4-13(14)15;1-21(19,20)18-4-2-9(3-5-18)11-8-17-14-7-13(16)12(15)6-10(11)14/h4-6,12-13,19H,7-11H2,1-3H3;6-8,10,18H,2-5H2,1H3;3-4,9-11,17H,5-8H2,1-2H3;3-5,9-10,17H,6-8H2,1-2H3;6-9,17H,2-5H2,1H3. The summed E-state index contributed by atoms with van der Waals surface area (Å²) in [6, 6.07) is 21.6. The number of likely N-dealkylation sites (tertiary alicyclic amines) is 1. The zero-order valence-corrected chi connectivity index (χ0v) is 67.8. The molecule has 594 valence electrons. The zero-order valence-electron chi connectivity index (χ0n) is 63.0. The monoisotopic (exact) mass is 1640 g/mol. The number of piperidine rings is 3. The third-order valence-electron chi connectivity index (χ3n) is 21.0. The van der Waals surface area contributed by atoms with Gasteiger partial charge in [-0.3, -0.25) is 4.79 Å². The van der Waals surface area contributed by atoms with Crippen LogP contribution in [0.2, 0.25) is 10.0 Å². The minimum absolute atomic E-state index is 0.108. The Kier molecular flexibility index (Phi) is 26.6. The number of ether oxygens (including phenoxy) is 1. The van der Waals surface area contributed by atoms with Gasteiger partial charge in [0.1, 0.15) is 35.6 Å². The van der Waals surface area contributed by atoms with Crippen LogP contribution < -0.4 is 4.74 Å². The lowest BCUT2D eigenvalue weighted by Gasteiger charge is -2.32. The summed E-state index contributed by atoms with van der Waals surface area (Å²) in [6.07, 6.45) is 22.3. The number of aromatic nitrogens is 5. The van der Waals surface area contributed by atoms with Gasteiger partial charge in [0.15, 0.2) is 0 Å². The molecule has 5 aromatic carbocycles. The van der Waals surface area contributed by atoms with Crippen molar-refractivity contribution >= 4 is 135 Å². The normalized spacial score (nSPS) is 17.4. The number of halogens is 6. The molecule has 5 aliphatic heterocycles. The maximum Gasteiger partial charge on any atom is 0.281 e. The van der Waals surface area contributed by atoms with E-state index in [1.54, 1.807) is 45.3 Å². The van der Waals surface area contributed by atoms with Crippen LogP contribution in [0.25, 0.3) is 65.7 Å². The molecule has 5 aromatic heterocycles. The van der Waals surface area contributed by atoms with Crippen LogP contribution in [0.1, 0.15) is 104 Å². The fourth-order valence-corrected chi connectivity index (χ4v) is 18.9. The number of carbonyl (C=O) groups excluding carboxylic acids is 1. The first kappa shape index (κ1) is 83.3. The smallest absolute Gasteiger partial charge is 0.281 e. The Morgan fingerprint density at radius 1 is 0.464 bits per heavy atom. The van der Waals surface area contributed by atoms with Crippen molar-refractivity contribution in [2.75, 3.05) is 133 Å². The van der Waals surface area contributed by atoms with Crippen LogP contribution in [-0.4, -0.2) is 234 Å². The Balaban J connectivity index is 0.000000137. The quantitative estimate of drug-likeness (QED) is 0.0602. The maximum atomic E-state index is 13.5. The van der Waals surface area contributed by atoms with Crippen molar-refractivity contribution in [1.29, 1.82) is 0 Å². The molecule has 0 atom stereocenters. The molecular formula is C77H95Cl2F4N13O10S4. The van der Waals surface area contributed by atoms with Crippen LogP contribution in [0.5, 0.6) is 5.75 Å². The molecule has 5 N–H and O–H groups in total. The van der Waals surface area contributed by atoms with E-state index in [0.29, 0.717) is 77.2 Å². The van der Waals surface area contributed by atoms with Gasteiger partial charge in [-0.1, -0.05) is 35.4 Å². The van der Waals surface area contributed by atoms with Crippen LogP contribution in [0, 0.1) is 23.3 Å². The van der Waals surface area contributed by atoms with Gasteiger partial charge in [-0.2, -0.15) is 38.4 Å². The summed E-state index contributed by atoms with van der Waals surface area (Å²) in [7, 11) is -2.74. The SMILES string of the molecule is CC(=O)N1CCC(c2c[nH]c3cc(F)c(Cl)cc23)CC1.CN(C)CCOc1ccc2c(C3=CCN(S(C)(=O)=O)CC3)c[nH]c2c1.CN(C)S(=O)(=O)N1CC=C(c2c[nH]c3cc(F)ccc23)CC1.CN(C)S(=O)(=O)N1CCC(c2c[nH]c3cc(F)ccc23)CC1.CS(=O)(=O)N1CCC(c2c[nH]c3cc(F)c(Cl)cc23)CC1. The van der Waals surface area contributed by atoms with Crippen molar-refractivity contribution in [3.63, 3.8) is 0 Å². The lowest BCUT2D eigenvalue weighted by molar-refractivity contribution is -0.129. The molecule has 0 bridgehead atoms. The lowest BCUT2D eigenvalue weighted by atomic mass is 9.89. The Hall–Kier alpha value is -7.63. The second kappa shape index (κ2) is 35.2. The molecule has 10 aromatic rings. The molecule has 0 radical (unpaired) electrons. The molecule has 15 rings (SSSR count). The van der Waals surface area contributed by atoms with Gasteiger partial charge in [-0.25, -0.2) is 38.7 Å². The summed E-state index contributed by atoms with van der Waals surface area (Å²) >= 11 is 11.7. The Labute approximate surface area is 650 Å². The molecule has 5 aliphatic rings. The fraction of sp³-hybridized carbons (Fsp3) is 0.416. The summed E-state index contributed by atoms with van der Waals surface area (Å²) < 4.78 is 162. The third kappa shape index (κ3) is 19.7. The van der Waals surface area contributed by atoms with Crippen LogP contribution >= 0.6 is 23.2 Å². The van der Waals surface area contributed by atoms with E-state index in [2.05, 4.69) is 35.9 Å². The first-order chi connectivity index (χ1) is 52.0. The van der Waals surface area contributed by atoms with Crippen LogP contribution in [0.4, 0.5) is 17.6 Å². The number of hydrogen-bond donors (Lipinski definition) is 5. The van der Waals surface area contributed by atoms with Crippen molar-refractivity contribution in [3.05, 3.63) is 183 Å². The third-order valence-corrected chi connectivity index (χ3v) is 28.0. The molecule has 3 saturated heterocycles. The summed E-state index contributed by atoms with van der Waals surface area (Å²) in [4.78, 5) is 31.0. The molecular weight excluding hydrogens is 1540 g/mol. The molecule has 0 unspecified atom stereocenters. The minimum atomic E-state index is -3.38. The van der Waals surface area contributed by atoms with Gasteiger partial charge in [-0.15, -0.1) is 0 Å². The number of benzene rings is 5. The van der Waals surface area contributed by atoms with E-state index in [4.69, 9.17) is 27.9 Å².